The fourth-order valence-corrected chi connectivity index (χ4v) is 5.94. The second-order valence-corrected chi connectivity index (χ2v) is 11.3. The van der Waals surface area contributed by atoms with Crippen molar-refractivity contribution in [1.29, 1.82) is 0 Å². The van der Waals surface area contributed by atoms with Gasteiger partial charge in [0.25, 0.3) is 0 Å². The summed E-state index contributed by atoms with van der Waals surface area (Å²) in [7, 11) is 0. The first kappa shape index (κ1) is 29.1. The van der Waals surface area contributed by atoms with E-state index in [2.05, 4.69) is 18.7 Å². The average Bonchev–Trinajstić information content (AvgIpc) is 2.93. The van der Waals surface area contributed by atoms with E-state index in [0.29, 0.717) is 43.8 Å². The number of piperidine rings is 1. The van der Waals surface area contributed by atoms with Gasteiger partial charge in [-0.3, -0.25) is 14.5 Å². The molecule has 2 aliphatic rings. The van der Waals surface area contributed by atoms with Gasteiger partial charge >= 0.3 is 0 Å². The number of carbonyl (C=O) groups is 2. The molecule has 2 heterocycles. The minimum absolute atomic E-state index is 0.0137. The molecule has 2 aromatic carbocycles. The van der Waals surface area contributed by atoms with Crippen molar-refractivity contribution in [1.82, 2.24) is 9.80 Å². The molecule has 2 atom stereocenters. The highest BCUT2D eigenvalue weighted by Crippen LogP contribution is 2.31. The molecule has 7 heteroatoms. The summed E-state index contributed by atoms with van der Waals surface area (Å²) in [5.74, 6) is 0.796. The Morgan fingerprint density at radius 1 is 1.03 bits per heavy atom. The number of fused-ring (bicyclic) bond motifs is 3. The molecular formula is C32H44FN3O3. The second kappa shape index (κ2) is 13.9. The predicted octanol–water partition coefficient (Wildman–Crippen LogP) is 6.04. The lowest BCUT2D eigenvalue weighted by molar-refractivity contribution is -0.133. The van der Waals surface area contributed by atoms with Crippen molar-refractivity contribution in [3.8, 4) is 5.75 Å². The molecule has 2 aromatic rings. The molecule has 4 rings (SSSR count). The van der Waals surface area contributed by atoms with Crippen LogP contribution in [0.4, 0.5) is 10.1 Å². The van der Waals surface area contributed by atoms with Gasteiger partial charge in [-0.25, -0.2) is 4.39 Å². The van der Waals surface area contributed by atoms with Crippen LogP contribution >= 0.6 is 0 Å². The highest BCUT2D eigenvalue weighted by atomic mass is 19.1. The molecule has 0 radical (unpaired) electrons. The summed E-state index contributed by atoms with van der Waals surface area (Å²) in [6.45, 7) is 9.41. The Bertz CT molecular complexity index is 1110. The number of hydrogen-bond donors (Lipinski definition) is 0. The lowest BCUT2D eigenvalue weighted by atomic mass is 9.92. The smallest absolute Gasteiger partial charge is 0.226 e. The number of amides is 2. The molecule has 0 spiro atoms. The van der Waals surface area contributed by atoms with E-state index in [0.717, 1.165) is 49.9 Å². The second-order valence-electron chi connectivity index (χ2n) is 11.3. The van der Waals surface area contributed by atoms with Gasteiger partial charge in [-0.2, -0.15) is 0 Å². The summed E-state index contributed by atoms with van der Waals surface area (Å²) in [4.78, 5) is 33.4. The van der Waals surface area contributed by atoms with Crippen LogP contribution in [0, 0.1) is 11.7 Å². The van der Waals surface area contributed by atoms with Crippen LogP contribution in [0.15, 0.2) is 48.5 Å². The van der Waals surface area contributed by atoms with Gasteiger partial charge in [0.15, 0.2) is 0 Å². The summed E-state index contributed by atoms with van der Waals surface area (Å²) in [6, 6.07) is 14.7. The van der Waals surface area contributed by atoms with Crippen molar-refractivity contribution in [2.75, 3.05) is 31.1 Å². The van der Waals surface area contributed by atoms with Crippen molar-refractivity contribution in [3.63, 3.8) is 0 Å². The molecule has 1 fully saturated rings. The zero-order valence-corrected chi connectivity index (χ0v) is 23.8. The molecule has 0 aliphatic carbocycles. The summed E-state index contributed by atoms with van der Waals surface area (Å²) in [6.07, 6.45) is 6.02. The quantitative estimate of drug-likeness (QED) is 0.412. The van der Waals surface area contributed by atoms with Crippen LogP contribution in [-0.2, 0) is 16.1 Å². The van der Waals surface area contributed by atoms with Crippen molar-refractivity contribution < 1.29 is 18.7 Å². The molecule has 0 saturated carbocycles. The maximum atomic E-state index is 13.7. The Balaban J connectivity index is 1.61. The molecule has 39 heavy (non-hydrogen) atoms. The molecule has 0 N–H and O–H groups in total. The van der Waals surface area contributed by atoms with Gasteiger partial charge < -0.3 is 14.5 Å². The Kier molecular flexibility index (Phi) is 10.4. The van der Waals surface area contributed by atoms with Crippen LogP contribution in [0.1, 0.15) is 71.3 Å². The summed E-state index contributed by atoms with van der Waals surface area (Å²) in [5, 5.41) is 0. The van der Waals surface area contributed by atoms with Crippen molar-refractivity contribution in [3.05, 3.63) is 59.9 Å². The maximum absolute atomic E-state index is 13.7. The topological polar surface area (TPSA) is 53.1 Å². The lowest BCUT2D eigenvalue weighted by Gasteiger charge is -2.44. The molecule has 1 saturated heterocycles. The fourth-order valence-electron chi connectivity index (χ4n) is 5.94. The van der Waals surface area contributed by atoms with E-state index >= 15 is 0 Å². The minimum Gasteiger partial charge on any atom is -0.493 e. The molecule has 2 aliphatic heterocycles. The normalized spacial score (nSPS) is 20.3. The highest BCUT2D eigenvalue weighted by molar-refractivity contribution is 5.94. The Morgan fingerprint density at radius 3 is 2.59 bits per heavy atom. The number of anilines is 1. The number of halogens is 1. The predicted molar refractivity (Wildman–Crippen MR) is 153 cm³/mol. The zero-order valence-electron chi connectivity index (χ0n) is 23.8. The first-order valence-electron chi connectivity index (χ1n) is 14.7. The number of benzene rings is 2. The van der Waals surface area contributed by atoms with Gasteiger partial charge in [0.2, 0.25) is 11.8 Å². The Morgan fingerprint density at radius 2 is 1.82 bits per heavy atom. The maximum Gasteiger partial charge on any atom is 0.226 e. The van der Waals surface area contributed by atoms with Gasteiger partial charge in [0, 0.05) is 49.9 Å². The van der Waals surface area contributed by atoms with Crippen molar-refractivity contribution >= 4 is 17.5 Å². The van der Waals surface area contributed by atoms with Crippen LogP contribution in [0.2, 0.25) is 0 Å². The number of ether oxygens (including phenoxy) is 1. The molecule has 2 bridgehead atoms. The molecule has 6 nitrogen and oxygen atoms in total. The standard InChI is InChI=1S/C32H44FN3O3/c1-4-31(37)36-19-16-27-11-8-12-28(35(27)18-15-24(2)3)23-34(22-25-9-5-6-14-30(25)36)32(38)17-20-39-29-13-7-10-26(33)21-29/h5-7,9-10,13-14,21,24,27-28H,4,8,11-12,15-20,22-23H2,1-3H3. The van der Waals surface area contributed by atoms with E-state index in [4.69, 9.17) is 4.74 Å². The minimum atomic E-state index is -0.359. The molecule has 2 unspecified atom stereocenters. The molecule has 2 amide bonds. The lowest BCUT2D eigenvalue weighted by Crippen LogP contribution is -2.53. The van der Waals surface area contributed by atoms with Crippen LogP contribution in [0.5, 0.6) is 5.75 Å². The third kappa shape index (κ3) is 7.81. The SMILES string of the molecule is CCC(=O)N1CCC2CCCC(CN(C(=O)CCOc3cccc(F)c3)Cc3ccccc31)N2CCC(C)C. The monoisotopic (exact) mass is 537 g/mol. The van der Waals surface area contributed by atoms with Gasteiger partial charge in [-0.15, -0.1) is 0 Å². The van der Waals surface area contributed by atoms with E-state index in [-0.39, 0.29) is 36.7 Å². The van der Waals surface area contributed by atoms with Crippen molar-refractivity contribution in [2.24, 2.45) is 5.92 Å². The zero-order chi connectivity index (χ0) is 27.8. The summed E-state index contributed by atoms with van der Waals surface area (Å²) >= 11 is 0. The average molecular weight is 538 g/mol. The fraction of sp³-hybridized carbons (Fsp3) is 0.562. The summed E-state index contributed by atoms with van der Waals surface area (Å²) < 4.78 is 19.3. The first-order valence-corrected chi connectivity index (χ1v) is 14.7. The third-order valence-corrected chi connectivity index (χ3v) is 8.08. The van der Waals surface area contributed by atoms with Crippen LogP contribution in [0.3, 0.4) is 0 Å². The molecular weight excluding hydrogens is 493 g/mol. The van der Waals surface area contributed by atoms with Crippen LogP contribution < -0.4 is 9.64 Å². The van der Waals surface area contributed by atoms with E-state index in [1.807, 2.05) is 41.0 Å². The molecule has 212 valence electrons. The summed E-state index contributed by atoms with van der Waals surface area (Å²) in [5.41, 5.74) is 1.90. The Hall–Kier alpha value is -2.93. The first-order chi connectivity index (χ1) is 18.9. The van der Waals surface area contributed by atoms with Crippen molar-refractivity contribution in [2.45, 2.75) is 84.3 Å². The Labute approximate surface area is 233 Å². The highest BCUT2D eigenvalue weighted by Gasteiger charge is 2.34. The van der Waals surface area contributed by atoms with Crippen LogP contribution in [-0.4, -0.2) is 59.9 Å². The van der Waals surface area contributed by atoms with Gasteiger partial charge in [0.05, 0.1) is 13.0 Å². The van der Waals surface area contributed by atoms with Crippen LogP contribution in [0.25, 0.3) is 0 Å². The van der Waals surface area contributed by atoms with E-state index in [9.17, 15) is 14.0 Å². The number of nitrogens with zero attached hydrogens (tertiary/aromatic N) is 3. The van der Waals surface area contributed by atoms with Gasteiger partial charge in [-0.1, -0.05) is 51.5 Å². The largest absolute Gasteiger partial charge is 0.493 e. The third-order valence-electron chi connectivity index (χ3n) is 8.08. The van der Waals surface area contributed by atoms with E-state index in [1.54, 1.807) is 12.1 Å². The number of hydrogen-bond acceptors (Lipinski definition) is 4. The number of para-hydroxylation sites is 1. The molecule has 0 aromatic heterocycles. The van der Waals surface area contributed by atoms with Gasteiger partial charge in [0.1, 0.15) is 11.6 Å². The van der Waals surface area contributed by atoms with Gasteiger partial charge in [-0.05, 0) is 61.9 Å². The van der Waals surface area contributed by atoms with E-state index in [1.165, 1.54) is 12.1 Å². The van der Waals surface area contributed by atoms with E-state index < -0.39 is 0 Å². The number of rotatable bonds is 8. The number of carbonyl (C=O) groups excluding carboxylic acids is 2.